The fourth-order valence-electron chi connectivity index (χ4n) is 2.12. The lowest BCUT2D eigenvalue weighted by molar-refractivity contribution is 0.0942. The molecule has 1 heterocycles. The Morgan fingerprint density at radius 2 is 2.39 bits per heavy atom. The summed E-state index contributed by atoms with van der Waals surface area (Å²) in [5.41, 5.74) is 0.228. The second-order valence-corrected chi connectivity index (χ2v) is 5.02. The van der Waals surface area contributed by atoms with E-state index in [0.29, 0.717) is 17.5 Å². The van der Waals surface area contributed by atoms with Crippen molar-refractivity contribution in [3.8, 4) is 5.75 Å². The fraction of sp³-hybridized carbons (Fsp3) is 0.462. The van der Waals surface area contributed by atoms with Crippen LogP contribution in [0.15, 0.2) is 18.2 Å². The quantitative estimate of drug-likeness (QED) is 0.783. The van der Waals surface area contributed by atoms with Gasteiger partial charge in [-0.05, 0) is 50.0 Å². The number of rotatable bonds is 3. The number of nitrogens with one attached hydrogen (secondary N) is 2. The molecule has 0 spiro atoms. The number of benzene rings is 1. The smallest absolute Gasteiger partial charge is 0.255 e. The number of carbonyl (C=O) groups excluding carboxylic acids is 1. The minimum atomic E-state index is -0.277. The van der Waals surface area contributed by atoms with E-state index in [9.17, 15) is 9.90 Å². The van der Waals surface area contributed by atoms with Gasteiger partial charge in [-0.15, -0.1) is 0 Å². The predicted molar refractivity (Wildman–Crippen MR) is 71.0 cm³/mol. The van der Waals surface area contributed by atoms with Crippen LogP contribution in [0.25, 0.3) is 0 Å². The Kier molecular flexibility index (Phi) is 4.44. The Balaban J connectivity index is 1.92. The van der Waals surface area contributed by atoms with Gasteiger partial charge in [-0.1, -0.05) is 11.6 Å². The van der Waals surface area contributed by atoms with Gasteiger partial charge >= 0.3 is 0 Å². The van der Waals surface area contributed by atoms with Crippen molar-refractivity contribution in [1.29, 1.82) is 0 Å². The van der Waals surface area contributed by atoms with E-state index in [4.69, 9.17) is 11.6 Å². The predicted octanol–water partition coefficient (Wildman–Crippen LogP) is 1.77. The lowest BCUT2D eigenvalue weighted by Crippen LogP contribution is -2.38. The molecule has 0 bridgehead atoms. The Bertz CT molecular complexity index is 431. The van der Waals surface area contributed by atoms with E-state index < -0.39 is 0 Å². The van der Waals surface area contributed by atoms with Crippen molar-refractivity contribution in [1.82, 2.24) is 10.6 Å². The molecule has 18 heavy (non-hydrogen) atoms. The molecule has 1 aliphatic rings. The molecule has 1 unspecified atom stereocenters. The highest BCUT2D eigenvalue weighted by molar-refractivity contribution is 6.31. The molecule has 1 saturated heterocycles. The highest BCUT2D eigenvalue weighted by atomic mass is 35.5. The summed E-state index contributed by atoms with van der Waals surface area (Å²) in [4.78, 5) is 11.9. The second kappa shape index (κ2) is 6.07. The van der Waals surface area contributed by atoms with Crippen LogP contribution in [-0.4, -0.2) is 30.6 Å². The molecule has 1 atom stereocenters. The lowest BCUT2D eigenvalue weighted by atomic mass is 9.99. The summed E-state index contributed by atoms with van der Waals surface area (Å²) in [7, 11) is 0. The van der Waals surface area contributed by atoms with Crippen molar-refractivity contribution >= 4 is 17.5 Å². The first-order valence-electron chi connectivity index (χ1n) is 6.14. The Morgan fingerprint density at radius 3 is 3.11 bits per heavy atom. The number of hydrogen-bond donors (Lipinski definition) is 3. The molecule has 1 amide bonds. The molecule has 0 saturated carbocycles. The molecule has 1 fully saturated rings. The summed E-state index contributed by atoms with van der Waals surface area (Å²) in [6.07, 6.45) is 2.26. The van der Waals surface area contributed by atoms with Gasteiger partial charge in [0.15, 0.2) is 0 Å². The van der Waals surface area contributed by atoms with Crippen LogP contribution in [0.3, 0.4) is 0 Å². The summed E-state index contributed by atoms with van der Waals surface area (Å²) < 4.78 is 0. The van der Waals surface area contributed by atoms with Gasteiger partial charge in [0.25, 0.3) is 5.91 Å². The van der Waals surface area contributed by atoms with Crippen molar-refractivity contribution in [2.24, 2.45) is 5.92 Å². The highest BCUT2D eigenvalue weighted by Crippen LogP contribution is 2.21. The van der Waals surface area contributed by atoms with Crippen LogP contribution >= 0.6 is 11.6 Å². The molecule has 0 aromatic heterocycles. The first-order chi connectivity index (χ1) is 8.66. The van der Waals surface area contributed by atoms with Gasteiger partial charge in [-0.25, -0.2) is 0 Å². The third-order valence-corrected chi connectivity index (χ3v) is 3.39. The third-order valence-electron chi connectivity index (χ3n) is 3.15. The maximum Gasteiger partial charge on any atom is 0.255 e. The largest absolute Gasteiger partial charge is 0.507 e. The van der Waals surface area contributed by atoms with Crippen LogP contribution in [0.2, 0.25) is 5.02 Å². The van der Waals surface area contributed by atoms with Gasteiger partial charge < -0.3 is 15.7 Å². The zero-order valence-corrected chi connectivity index (χ0v) is 10.8. The zero-order chi connectivity index (χ0) is 13.0. The average Bonchev–Trinajstić information content (AvgIpc) is 2.40. The molecule has 0 aliphatic carbocycles. The molecule has 0 radical (unpaired) electrons. The molecule has 5 heteroatoms. The van der Waals surface area contributed by atoms with Crippen LogP contribution in [0, 0.1) is 5.92 Å². The van der Waals surface area contributed by atoms with Crippen LogP contribution < -0.4 is 10.6 Å². The number of phenolic OH excluding ortho intramolecular Hbond substituents is 1. The molecule has 2 rings (SSSR count). The van der Waals surface area contributed by atoms with E-state index in [-0.39, 0.29) is 17.2 Å². The highest BCUT2D eigenvalue weighted by Gasteiger charge is 2.16. The van der Waals surface area contributed by atoms with Crippen molar-refractivity contribution in [3.05, 3.63) is 28.8 Å². The molecule has 1 aromatic rings. The number of phenols is 1. The maximum atomic E-state index is 11.9. The first kappa shape index (κ1) is 13.2. The third kappa shape index (κ3) is 3.37. The van der Waals surface area contributed by atoms with Crippen LogP contribution in [-0.2, 0) is 0 Å². The van der Waals surface area contributed by atoms with Gasteiger partial charge in [0, 0.05) is 11.6 Å². The minimum absolute atomic E-state index is 0.0429. The SMILES string of the molecule is O=C(NCC1CCCNC1)c1cc(Cl)ccc1O. The van der Waals surface area contributed by atoms with Crippen molar-refractivity contribution in [3.63, 3.8) is 0 Å². The Hall–Kier alpha value is -1.26. The number of aromatic hydroxyl groups is 1. The van der Waals surface area contributed by atoms with Gasteiger partial charge in [0.05, 0.1) is 5.56 Å². The fourth-order valence-corrected chi connectivity index (χ4v) is 2.29. The molecule has 3 N–H and O–H groups in total. The molecular formula is C13H17ClN2O2. The summed E-state index contributed by atoms with van der Waals surface area (Å²) in [6, 6.07) is 4.46. The van der Waals surface area contributed by atoms with E-state index in [1.165, 1.54) is 12.1 Å². The van der Waals surface area contributed by atoms with E-state index in [0.717, 1.165) is 25.9 Å². The summed E-state index contributed by atoms with van der Waals surface area (Å²) >= 11 is 5.81. The molecule has 4 nitrogen and oxygen atoms in total. The van der Waals surface area contributed by atoms with E-state index >= 15 is 0 Å². The normalized spacial score (nSPS) is 19.5. The van der Waals surface area contributed by atoms with Gasteiger partial charge in [-0.3, -0.25) is 4.79 Å². The first-order valence-corrected chi connectivity index (χ1v) is 6.52. The van der Waals surface area contributed by atoms with E-state index in [2.05, 4.69) is 10.6 Å². The topological polar surface area (TPSA) is 61.4 Å². The monoisotopic (exact) mass is 268 g/mol. The zero-order valence-electron chi connectivity index (χ0n) is 10.1. The van der Waals surface area contributed by atoms with E-state index in [1.54, 1.807) is 6.07 Å². The number of hydrogen-bond acceptors (Lipinski definition) is 3. The van der Waals surface area contributed by atoms with Crippen LogP contribution in [0.4, 0.5) is 0 Å². The average molecular weight is 269 g/mol. The summed E-state index contributed by atoms with van der Waals surface area (Å²) in [6.45, 7) is 2.61. The second-order valence-electron chi connectivity index (χ2n) is 4.58. The van der Waals surface area contributed by atoms with Gasteiger partial charge in [-0.2, -0.15) is 0 Å². The number of amides is 1. The number of piperidine rings is 1. The van der Waals surface area contributed by atoms with Gasteiger partial charge in [0.2, 0.25) is 0 Å². The van der Waals surface area contributed by atoms with Crippen LogP contribution in [0.1, 0.15) is 23.2 Å². The molecule has 98 valence electrons. The standard InChI is InChI=1S/C13H17ClN2O2/c14-10-3-4-12(17)11(6-10)13(18)16-8-9-2-1-5-15-7-9/h3-4,6,9,15,17H,1-2,5,7-8H2,(H,16,18). The summed E-state index contributed by atoms with van der Waals surface area (Å²) in [5, 5.41) is 16.2. The number of carbonyl (C=O) groups is 1. The lowest BCUT2D eigenvalue weighted by Gasteiger charge is -2.22. The van der Waals surface area contributed by atoms with E-state index in [1.807, 2.05) is 0 Å². The maximum absolute atomic E-state index is 11.9. The minimum Gasteiger partial charge on any atom is -0.507 e. The van der Waals surface area contributed by atoms with Crippen molar-refractivity contribution < 1.29 is 9.90 Å². The molecule has 1 aliphatic heterocycles. The van der Waals surface area contributed by atoms with Gasteiger partial charge in [0.1, 0.15) is 5.75 Å². The molecule has 1 aromatic carbocycles. The molecular weight excluding hydrogens is 252 g/mol. The van der Waals surface area contributed by atoms with Crippen molar-refractivity contribution in [2.45, 2.75) is 12.8 Å². The Morgan fingerprint density at radius 1 is 1.56 bits per heavy atom. The van der Waals surface area contributed by atoms with Crippen LogP contribution in [0.5, 0.6) is 5.75 Å². The Labute approximate surface area is 111 Å². The number of halogens is 1. The van der Waals surface area contributed by atoms with Crippen molar-refractivity contribution in [2.75, 3.05) is 19.6 Å². The summed E-state index contributed by atoms with van der Waals surface area (Å²) in [5.74, 6) is 0.142.